The Morgan fingerprint density at radius 1 is 1.19 bits per heavy atom. The molecule has 6 heteroatoms. The number of hydrogen-bond acceptors (Lipinski definition) is 6. The van der Waals surface area contributed by atoms with Crippen LogP contribution in [-0.4, -0.2) is 16.6 Å². The minimum absolute atomic E-state index is 0.0461. The van der Waals surface area contributed by atoms with Gasteiger partial charge in [-0.1, -0.05) is 13.3 Å². The molecule has 21 heavy (non-hydrogen) atoms. The SMILES string of the molecule is CCCCOc1ccc(-c2nc(N)nc(N)c2C#N)cc1. The molecule has 1 aromatic heterocycles. The number of nitrogens with zero attached hydrogens (tertiary/aromatic N) is 3. The fraction of sp³-hybridized carbons (Fsp3) is 0.267. The maximum Gasteiger partial charge on any atom is 0.222 e. The highest BCUT2D eigenvalue weighted by Crippen LogP contribution is 2.26. The van der Waals surface area contributed by atoms with E-state index in [1.807, 2.05) is 30.3 Å². The van der Waals surface area contributed by atoms with Gasteiger partial charge in [-0.05, 0) is 30.7 Å². The van der Waals surface area contributed by atoms with Crippen LogP contribution in [0.4, 0.5) is 11.8 Å². The van der Waals surface area contributed by atoms with Crippen molar-refractivity contribution in [1.82, 2.24) is 9.97 Å². The van der Waals surface area contributed by atoms with Crippen molar-refractivity contribution in [3.8, 4) is 23.1 Å². The van der Waals surface area contributed by atoms with Crippen molar-refractivity contribution in [3.63, 3.8) is 0 Å². The summed E-state index contributed by atoms with van der Waals surface area (Å²) in [5.74, 6) is 0.911. The van der Waals surface area contributed by atoms with Crippen LogP contribution in [0.2, 0.25) is 0 Å². The van der Waals surface area contributed by atoms with E-state index in [0.29, 0.717) is 12.3 Å². The number of benzene rings is 1. The summed E-state index contributed by atoms with van der Waals surface area (Å²) in [6, 6.07) is 9.32. The van der Waals surface area contributed by atoms with Gasteiger partial charge in [0.2, 0.25) is 5.95 Å². The minimum Gasteiger partial charge on any atom is -0.494 e. The Bertz CT molecular complexity index is 661. The van der Waals surface area contributed by atoms with E-state index >= 15 is 0 Å². The topological polar surface area (TPSA) is 111 Å². The molecule has 0 spiro atoms. The third-order valence-corrected chi connectivity index (χ3v) is 2.96. The van der Waals surface area contributed by atoms with Crippen LogP contribution < -0.4 is 16.2 Å². The standard InChI is InChI=1S/C15H17N5O/c1-2-3-8-21-11-6-4-10(5-7-11)13-12(9-16)14(17)20-15(18)19-13/h4-7H,2-3,8H2,1H3,(H4,17,18,19,20). The molecule has 0 aliphatic carbocycles. The average Bonchev–Trinajstić information content (AvgIpc) is 2.47. The fourth-order valence-electron chi connectivity index (χ4n) is 1.86. The van der Waals surface area contributed by atoms with Crippen molar-refractivity contribution in [1.29, 1.82) is 5.26 Å². The summed E-state index contributed by atoms with van der Waals surface area (Å²) in [5, 5.41) is 9.17. The Morgan fingerprint density at radius 2 is 1.90 bits per heavy atom. The van der Waals surface area contributed by atoms with Gasteiger partial charge in [0.05, 0.1) is 12.3 Å². The van der Waals surface area contributed by atoms with Gasteiger partial charge >= 0.3 is 0 Å². The second-order valence-electron chi connectivity index (χ2n) is 4.53. The molecule has 1 heterocycles. The van der Waals surface area contributed by atoms with Crippen LogP contribution in [0.1, 0.15) is 25.3 Å². The maximum absolute atomic E-state index is 9.17. The first-order valence-electron chi connectivity index (χ1n) is 6.72. The number of unbranched alkanes of at least 4 members (excludes halogenated alkanes) is 1. The van der Waals surface area contributed by atoms with Crippen LogP contribution in [0.15, 0.2) is 24.3 Å². The molecule has 0 fully saturated rings. The highest BCUT2D eigenvalue weighted by molar-refractivity contribution is 5.73. The first-order chi connectivity index (χ1) is 10.2. The zero-order chi connectivity index (χ0) is 15.2. The lowest BCUT2D eigenvalue weighted by molar-refractivity contribution is 0.309. The minimum atomic E-state index is 0.0461. The van der Waals surface area contributed by atoms with Gasteiger partial charge in [0.15, 0.2) is 0 Å². The summed E-state index contributed by atoms with van der Waals surface area (Å²) < 4.78 is 5.59. The van der Waals surface area contributed by atoms with Crippen LogP contribution in [0.25, 0.3) is 11.3 Å². The van der Waals surface area contributed by atoms with Crippen molar-refractivity contribution < 1.29 is 4.74 Å². The number of nitrogens with two attached hydrogens (primary N) is 2. The molecule has 0 saturated carbocycles. The van der Waals surface area contributed by atoms with Crippen LogP contribution >= 0.6 is 0 Å². The van der Waals surface area contributed by atoms with E-state index in [-0.39, 0.29) is 17.3 Å². The van der Waals surface area contributed by atoms with Crippen LogP contribution in [0.5, 0.6) is 5.75 Å². The van der Waals surface area contributed by atoms with Gasteiger partial charge < -0.3 is 16.2 Å². The lowest BCUT2D eigenvalue weighted by Crippen LogP contribution is -2.05. The Hall–Kier alpha value is -2.81. The van der Waals surface area contributed by atoms with Crippen LogP contribution in [0.3, 0.4) is 0 Å². The molecule has 0 aliphatic rings. The van der Waals surface area contributed by atoms with Crippen molar-refractivity contribution in [2.45, 2.75) is 19.8 Å². The van der Waals surface area contributed by atoms with Gasteiger partial charge in [-0.3, -0.25) is 0 Å². The zero-order valence-electron chi connectivity index (χ0n) is 11.8. The molecule has 0 amide bonds. The molecule has 2 aromatic rings. The van der Waals surface area contributed by atoms with Gasteiger partial charge in [0.25, 0.3) is 0 Å². The molecule has 0 saturated heterocycles. The molecular weight excluding hydrogens is 266 g/mol. The predicted molar refractivity (Wildman–Crippen MR) is 81.4 cm³/mol. The number of anilines is 2. The summed E-state index contributed by atoms with van der Waals surface area (Å²) >= 11 is 0. The van der Waals surface area contributed by atoms with Gasteiger partial charge in [-0.15, -0.1) is 0 Å². The van der Waals surface area contributed by atoms with Gasteiger partial charge in [0, 0.05) is 5.56 Å². The molecule has 0 aliphatic heterocycles. The Balaban J connectivity index is 2.29. The molecule has 0 atom stereocenters. The van der Waals surface area contributed by atoms with Gasteiger partial charge in [-0.25, -0.2) is 4.98 Å². The molecule has 1 aromatic carbocycles. The van der Waals surface area contributed by atoms with E-state index in [1.165, 1.54) is 0 Å². The van der Waals surface area contributed by atoms with E-state index in [1.54, 1.807) is 0 Å². The quantitative estimate of drug-likeness (QED) is 0.815. The third kappa shape index (κ3) is 3.39. The van der Waals surface area contributed by atoms with Crippen molar-refractivity contribution in [2.24, 2.45) is 0 Å². The molecule has 2 rings (SSSR count). The van der Waals surface area contributed by atoms with Crippen molar-refractivity contribution in [2.75, 3.05) is 18.1 Å². The molecule has 0 radical (unpaired) electrons. The van der Waals surface area contributed by atoms with E-state index in [9.17, 15) is 5.26 Å². The number of ether oxygens (including phenoxy) is 1. The van der Waals surface area contributed by atoms with E-state index in [4.69, 9.17) is 16.2 Å². The van der Waals surface area contributed by atoms with E-state index in [2.05, 4.69) is 16.9 Å². The maximum atomic E-state index is 9.17. The van der Waals surface area contributed by atoms with Gasteiger partial charge in [-0.2, -0.15) is 10.2 Å². The van der Waals surface area contributed by atoms with E-state index < -0.39 is 0 Å². The number of nitrogen functional groups attached to an aromatic ring is 2. The third-order valence-electron chi connectivity index (χ3n) is 2.96. The molecule has 4 N–H and O–H groups in total. The van der Waals surface area contributed by atoms with Crippen LogP contribution in [-0.2, 0) is 0 Å². The number of aromatic nitrogens is 2. The molecular formula is C15H17N5O. The first-order valence-corrected chi connectivity index (χ1v) is 6.72. The number of rotatable bonds is 5. The summed E-state index contributed by atoms with van der Waals surface area (Å²) in [4.78, 5) is 7.90. The van der Waals surface area contributed by atoms with E-state index in [0.717, 1.165) is 24.2 Å². The Morgan fingerprint density at radius 3 is 2.52 bits per heavy atom. The monoisotopic (exact) mass is 283 g/mol. The Labute approximate surface area is 123 Å². The lowest BCUT2D eigenvalue weighted by Gasteiger charge is -2.08. The summed E-state index contributed by atoms with van der Waals surface area (Å²) in [5.41, 5.74) is 12.7. The lowest BCUT2D eigenvalue weighted by atomic mass is 10.1. The molecule has 108 valence electrons. The highest BCUT2D eigenvalue weighted by atomic mass is 16.5. The van der Waals surface area contributed by atoms with Crippen LogP contribution in [0, 0.1) is 11.3 Å². The Kier molecular flexibility index (Phi) is 4.57. The van der Waals surface area contributed by atoms with Gasteiger partial charge in [0.1, 0.15) is 23.2 Å². The number of hydrogen-bond donors (Lipinski definition) is 2. The first kappa shape index (κ1) is 14.6. The largest absolute Gasteiger partial charge is 0.494 e. The average molecular weight is 283 g/mol. The smallest absolute Gasteiger partial charge is 0.222 e. The molecule has 6 nitrogen and oxygen atoms in total. The summed E-state index contributed by atoms with van der Waals surface area (Å²) in [6.07, 6.45) is 2.10. The molecule has 0 unspecified atom stereocenters. The zero-order valence-corrected chi connectivity index (χ0v) is 11.8. The predicted octanol–water partition coefficient (Wildman–Crippen LogP) is 2.36. The number of nitriles is 1. The summed E-state index contributed by atoms with van der Waals surface area (Å²) in [6.45, 7) is 2.80. The highest BCUT2D eigenvalue weighted by Gasteiger charge is 2.13. The second kappa shape index (κ2) is 6.57. The van der Waals surface area contributed by atoms with Crippen molar-refractivity contribution in [3.05, 3.63) is 29.8 Å². The molecule has 0 bridgehead atoms. The normalized spacial score (nSPS) is 10.1. The summed E-state index contributed by atoms with van der Waals surface area (Å²) in [7, 11) is 0. The van der Waals surface area contributed by atoms with Crippen molar-refractivity contribution >= 4 is 11.8 Å². The fourth-order valence-corrected chi connectivity index (χ4v) is 1.86. The second-order valence-corrected chi connectivity index (χ2v) is 4.53.